The van der Waals surface area contributed by atoms with E-state index >= 15 is 0 Å². The molecule has 4 nitrogen and oxygen atoms in total. The molecule has 1 aliphatic heterocycles. The molecular formula is C11H20N2O2. The maximum Gasteiger partial charge on any atom is 0.223 e. The molecule has 1 saturated carbocycles. The third-order valence-corrected chi connectivity index (χ3v) is 2.95. The van der Waals surface area contributed by atoms with Crippen LogP contribution in [0, 0.1) is 5.92 Å². The van der Waals surface area contributed by atoms with Gasteiger partial charge < -0.3 is 15.4 Å². The molecule has 0 radical (unpaired) electrons. The molecule has 1 amide bonds. The number of hydrogen-bond acceptors (Lipinski definition) is 3. The van der Waals surface area contributed by atoms with Crippen LogP contribution in [0.25, 0.3) is 0 Å². The van der Waals surface area contributed by atoms with Gasteiger partial charge in [-0.15, -0.1) is 0 Å². The average molecular weight is 212 g/mol. The largest absolute Gasteiger partial charge is 0.377 e. The molecule has 1 atom stereocenters. The van der Waals surface area contributed by atoms with E-state index < -0.39 is 0 Å². The van der Waals surface area contributed by atoms with E-state index in [0.717, 1.165) is 39.1 Å². The van der Waals surface area contributed by atoms with E-state index in [9.17, 15) is 4.79 Å². The van der Waals surface area contributed by atoms with E-state index in [4.69, 9.17) is 4.74 Å². The second kappa shape index (κ2) is 5.47. The molecule has 1 aliphatic carbocycles. The van der Waals surface area contributed by atoms with Gasteiger partial charge in [0.1, 0.15) is 0 Å². The fourth-order valence-corrected chi connectivity index (χ4v) is 1.83. The van der Waals surface area contributed by atoms with Crippen LogP contribution in [0.2, 0.25) is 0 Å². The molecule has 2 N–H and O–H groups in total. The lowest BCUT2D eigenvalue weighted by Gasteiger charge is -2.10. The van der Waals surface area contributed by atoms with Crippen LogP contribution in [0.3, 0.4) is 0 Å². The Bertz CT molecular complexity index is 211. The molecule has 1 unspecified atom stereocenters. The maximum absolute atomic E-state index is 11.3. The second-order valence-electron chi connectivity index (χ2n) is 4.40. The van der Waals surface area contributed by atoms with Crippen molar-refractivity contribution in [3.63, 3.8) is 0 Å². The summed E-state index contributed by atoms with van der Waals surface area (Å²) >= 11 is 0. The summed E-state index contributed by atoms with van der Waals surface area (Å²) in [5.41, 5.74) is 0. The summed E-state index contributed by atoms with van der Waals surface area (Å²) in [5.74, 6) is 0.553. The van der Waals surface area contributed by atoms with Gasteiger partial charge in [0.25, 0.3) is 0 Å². The Morgan fingerprint density at radius 1 is 1.27 bits per heavy atom. The normalized spacial score (nSPS) is 25.5. The monoisotopic (exact) mass is 212 g/mol. The third kappa shape index (κ3) is 3.80. The zero-order valence-electron chi connectivity index (χ0n) is 9.13. The molecule has 15 heavy (non-hydrogen) atoms. The summed E-state index contributed by atoms with van der Waals surface area (Å²) in [5, 5.41) is 6.23. The van der Waals surface area contributed by atoms with Crippen LogP contribution in [0.15, 0.2) is 0 Å². The van der Waals surface area contributed by atoms with Crippen LogP contribution in [0.4, 0.5) is 0 Å². The first-order valence-electron chi connectivity index (χ1n) is 5.96. The molecule has 1 saturated heterocycles. The second-order valence-corrected chi connectivity index (χ2v) is 4.40. The standard InChI is InChI=1S/C11H20N2O2/c14-11(9-3-4-9)13-6-5-12-8-10-2-1-7-15-10/h9-10,12H,1-8H2,(H,13,14). The summed E-state index contributed by atoms with van der Waals surface area (Å²) < 4.78 is 5.48. The molecule has 1 heterocycles. The van der Waals surface area contributed by atoms with Crippen LogP contribution in [-0.2, 0) is 9.53 Å². The zero-order chi connectivity index (χ0) is 10.5. The number of nitrogens with one attached hydrogen (secondary N) is 2. The highest BCUT2D eigenvalue weighted by atomic mass is 16.5. The fourth-order valence-electron chi connectivity index (χ4n) is 1.83. The summed E-state index contributed by atoms with van der Waals surface area (Å²) in [4.78, 5) is 11.3. The van der Waals surface area contributed by atoms with Crippen LogP contribution >= 0.6 is 0 Å². The summed E-state index contributed by atoms with van der Waals surface area (Å²) in [6.07, 6.45) is 4.90. The maximum atomic E-state index is 11.3. The lowest BCUT2D eigenvalue weighted by Crippen LogP contribution is -2.35. The van der Waals surface area contributed by atoms with Crippen LogP contribution in [0.5, 0.6) is 0 Å². The van der Waals surface area contributed by atoms with Gasteiger partial charge in [0.15, 0.2) is 0 Å². The number of carbonyl (C=O) groups is 1. The van der Waals surface area contributed by atoms with Gasteiger partial charge in [0.05, 0.1) is 6.10 Å². The Morgan fingerprint density at radius 3 is 2.80 bits per heavy atom. The van der Waals surface area contributed by atoms with Crippen molar-refractivity contribution in [3.8, 4) is 0 Å². The van der Waals surface area contributed by atoms with E-state index in [1.54, 1.807) is 0 Å². The Morgan fingerprint density at radius 2 is 2.13 bits per heavy atom. The van der Waals surface area contributed by atoms with Crippen molar-refractivity contribution in [3.05, 3.63) is 0 Å². The van der Waals surface area contributed by atoms with Crippen molar-refractivity contribution < 1.29 is 9.53 Å². The Kier molecular flexibility index (Phi) is 3.97. The minimum absolute atomic E-state index is 0.230. The van der Waals surface area contributed by atoms with Gasteiger partial charge in [-0.1, -0.05) is 0 Å². The quantitative estimate of drug-likeness (QED) is 0.622. The van der Waals surface area contributed by atoms with E-state index in [2.05, 4.69) is 10.6 Å². The van der Waals surface area contributed by atoms with Gasteiger partial charge in [-0.25, -0.2) is 0 Å². The topological polar surface area (TPSA) is 50.4 Å². The van der Waals surface area contributed by atoms with Crippen molar-refractivity contribution in [2.75, 3.05) is 26.2 Å². The first-order chi connectivity index (χ1) is 7.36. The highest BCUT2D eigenvalue weighted by Crippen LogP contribution is 2.28. The molecule has 0 aromatic carbocycles. The Hall–Kier alpha value is -0.610. The smallest absolute Gasteiger partial charge is 0.223 e. The van der Waals surface area contributed by atoms with Crippen molar-refractivity contribution in [1.29, 1.82) is 0 Å². The van der Waals surface area contributed by atoms with Crippen LogP contribution in [0.1, 0.15) is 25.7 Å². The van der Waals surface area contributed by atoms with Crippen LogP contribution < -0.4 is 10.6 Å². The Labute approximate surface area is 90.8 Å². The first-order valence-corrected chi connectivity index (χ1v) is 5.96. The molecule has 2 aliphatic rings. The highest BCUT2D eigenvalue weighted by Gasteiger charge is 2.28. The lowest BCUT2D eigenvalue weighted by atomic mass is 10.2. The molecule has 0 aromatic heterocycles. The van der Waals surface area contributed by atoms with E-state index in [0.29, 0.717) is 12.0 Å². The number of amides is 1. The molecule has 2 fully saturated rings. The van der Waals surface area contributed by atoms with Gasteiger partial charge >= 0.3 is 0 Å². The first kappa shape index (κ1) is 10.9. The molecular weight excluding hydrogens is 192 g/mol. The minimum Gasteiger partial charge on any atom is -0.377 e. The molecule has 4 heteroatoms. The molecule has 0 aromatic rings. The predicted octanol–water partition coefficient (Wildman–Crippen LogP) is 0.281. The molecule has 2 rings (SSSR count). The van der Waals surface area contributed by atoms with Crippen molar-refractivity contribution in [2.24, 2.45) is 5.92 Å². The summed E-state index contributed by atoms with van der Waals surface area (Å²) in [6.45, 7) is 3.41. The highest BCUT2D eigenvalue weighted by molar-refractivity contribution is 5.80. The number of carbonyl (C=O) groups excluding carboxylic acids is 1. The average Bonchev–Trinajstić information content (AvgIpc) is 2.97. The SMILES string of the molecule is O=C(NCCNCC1CCCO1)C1CC1. The van der Waals surface area contributed by atoms with Gasteiger partial charge in [-0.05, 0) is 25.7 Å². The fraction of sp³-hybridized carbons (Fsp3) is 0.909. The van der Waals surface area contributed by atoms with Gasteiger partial charge in [0, 0.05) is 32.2 Å². The third-order valence-electron chi connectivity index (χ3n) is 2.95. The summed E-state index contributed by atoms with van der Waals surface area (Å²) in [7, 11) is 0. The molecule has 86 valence electrons. The number of rotatable bonds is 6. The predicted molar refractivity (Wildman–Crippen MR) is 57.6 cm³/mol. The van der Waals surface area contributed by atoms with Crippen molar-refractivity contribution >= 4 is 5.91 Å². The molecule has 0 bridgehead atoms. The van der Waals surface area contributed by atoms with Gasteiger partial charge in [-0.2, -0.15) is 0 Å². The lowest BCUT2D eigenvalue weighted by molar-refractivity contribution is -0.122. The van der Waals surface area contributed by atoms with E-state index in [1.165, 1.54) is 12.8 Å². The van der Waals surface area contributed by atoms with Gasteiger partial charge in [0.2, 0.25) is 5.91 Å². The number of hydrogen-bond donors (Lipinski definition) is 2. The summed E-state index contributed by atoms with van der Waals surface area (Å²) in [6, 6.07) is 0. The Balaban J connectivity index is 1.42. The minimum atomic E-state index is 0.230. The van der Waals surface area contributed by atoms with E-state index in [-0.39, 0.29) is 5.91 Å². The molecule has 0 spiro atoms. The zero-order valence-corrected chi connectivity index (χ0v) is 9.13. The number of ether oxygens (including phenoxy) is 1. The van der Waals surface area contributed by atoms with Crippen molar-refractivity contribution in [1.82, 2.24) is 10.6 Å². The van der Waals surface area contributed by atoms with E-state index in [1.807, 2.05) is 0 Å². The van der Waals surface area contributed by atoms with Gasteiger partial charge in [-0.3, -0.25) is 4.79 Å². The van der Waals surface area contributed by atoms with Crippen LogP contribution in [-0.4, -0.2) is 38.3 Å². The van der Waals surface area contributed by atoms with Crippen molar-refractivity contribution in [2.45, 2.75) is 31.8 Å².